The van der Waals surface area contributed by atoms with E-state index in [0.29, 0.717) is 38.2 Å². The molecule has 158 valence electrons. The molecule has 3 aromatic rings. The van der Waals surface area contributed by atoms with Gasteiger partial charge in [-0.05, 0) is 56.2 Å². The molecule has 0 saturated carbocycles. The lowest BCUT2D eigenvalue weighted by Crippen LogP contribution is -2.38. The van der Waals surface area contributed by atoms with Gasteiger partial charge in [-0.15, -0.1) is 0 Å². The number of rotatable bonds is 4. The maximum absolute atomic E-state index is 13.2. The van der Waals surface area contributed by atoms with Gasteiger partial charge in [-0.25, -0.2) is 0 Å². The second kappa shape index (κ2) is 7.69. The van der Waals surface area contributed by atoms with E-state index in [-0.39, 0.29) is 11.8 Å². The third-order valence-corrected chi connectivity index (χ3v) is 6.46. The SMILES string of the molecule is Cc1ccc(-c2cccc(C(=O)N3CCC4(CCN(Cc5ccccn5)C4=O)C3)c2)o1. The highest BCUT2D eigenvalue weighted by atomic mass is 16.3. The third kappa shape index (κ3) is 3.63. The molecule has 2 fully saturated rings. The van der Waals surface area contributed by atoms with Crippen molar-refractivity contribution in [1.29, 1.82) is 0 Å². The summed E-state index contributed by atoms with van der Waals surface area (Å²) in [6.45, 7) is 4.22. The number of aryl methyl sites for hydroxylation is 1. The molecule has 2 aliphatic rings. The zero-order chi connectivity index (χ0) is 21.4. The van der Waals surface area contributed by atoms with Gasteiger partial charge >= 0.3 is 0 Å². The van der Waals surface area contributed by atoms with E-state index in [1.54, 1.807) is 6.20 Å². The average molecular weight is 415 g/mol. The Balaban J connectivity index is 1.29. The second-order valence-electron chi connectivity index (χ2n) is 8.55. The van der Waals surface area contributed by atoms with E-state index in [0.717, 1.165) is 29.2 Å². The molecular weight excluding hydrogens is 390 g/mol. The molecule has 0 bridgehead atoms. The Morgan fingerprint density at radius 3 is 2.74 bits per heavy atom. The van der Waals surface area contributed by atoms with Crippen molar-refractivity contribution in [2.45, 2.75) is 26.3 Å². The summed E-state index contributed by atoms with van der Waals surface area (Å²) >= 11 is 0. The van der Waals surface area contributed by atoms with E-state index in [9.17, 15) is 9.59 Å². The molecule has 2 saturated heterocycles. The normalized spacial score (nSPS) is 20.7. The van der Waals surface area contributed by atoms with Crippen molar-refractivity contribution in [3.05, 3.63) is 77.8 Å². The molecule has 2 aliphatic heterocycles. The minimum absolute atomic E-state index is 0.0296. The first-order valence-electron chi connectivity index (χ1n) is 10.7. The number of hydrogen-bond acceptors (Lipinski definition) is 4. The van der Waals surface area contributed by atoms with Crippen LogP contribution in [0.25, 0.3) is 11.3 Å². The highest BCUT2D eigenvalue weighted by Crippen LogP contribution is 2.41. The van der Waals surface area contributed by atoms with Crippen molar-refractivity contribution < 1.29 is 14.0 Å². The van der Waals surface area contributed by atoms with E-state index >= 15 is 0 Å². The van der Waals surface area contributed by atoms with Gasteiger partial charge in [-0.1, -0.05) is 18.2 Å². The number of furan rings is 1. The molecule has 6 nitrogen and oxygen atoms in total. The number of pyridine rings is 1. The molecule has 0 N–H and O–H groups in total. The van der Waals surface area contributed by atoms with Crippen molar-refractivity contribution in [3.8, 4) is 11.3 Å². The molecule has 1 spiro atoms. The topological polar surface area (TPSA) is 66.7 Å². The summed E-state index contributed by atoms with van der Waals surface area (Å²) in [4.78, 5) is 34.5. The fraction of sp³-hybridized carbons (Fsp3) is 0.320. The van der Waals surface area contributed by atoms with Crippen LogP contribution >= 0.6 is 0 Å². The van der Waals surface area contributed by atoms with Crippen molar-refractivity contribution in [1.82, 2.24) is 14.8 Å². The quantitative estimate of drug-likeness (QED) is 0.648. The summed E-state index contributed by atoms with van der Waals surface area (Å²) in [5.41, 5.74) is 1.94. The van der Waals surface area contributed by atoms with Crippen LogP contribution < -0.4 is 0 Å². The predicted molar refractivity (Wildman–Crippen MR) is 116 cm³/mol. The fourth-order valence-corrected chi connectivity index (χ4v) is 4.73. The number of benzene rings is 1. The maximum Gasteiger partial charge on any atom is 0.253 e. The molecule has 1 unspecified atom stereocenters. The zero-order valence-electron chi connectivity index (χ0n) is 17.6. The van der Waals surface area contributed by atoms with Gasteiger partial charge in [0.15, 0.2) is 0 Å². The predicted octanol–water partition coefficient (Wildman–Crippen LogP) is 3.91. The van der Waals surface area contributed by atoms with E-state index in [1.165, 1.54) is 0 Å². The summed E-state index contributed by atoms with van der Waals surface area (Å²) in [5.74, 6) is 1.70. The molecule has 2 aromatic heterocycles. The molecule has 31 heavy (non-hydrogen) atoms. The smallest absolute Gasteiger partial charge is 0.253 e. The standard InChI is InChI=1S/C25H25N3O3/c1-18-8-9-22(31-18)19-5-4-6-20(15-19)23(29)28-14-11-25(17-28)10-13-27(24(25)30)16-21-7-2-3-12-26-21/h2-9,12,15H,10-11,13-14,16-17H2,1H3. The van der Waals surface area contributed by atoms with E-state index in [4.69, 9.17) is 4.42 Å². The highest BCUT2D eigenvalue weighted by molar-refractivity contribution is 5.96. The molecule has 5 rings (SSSR count). The summed E-state index contributed by atoms with van der Waals surface area (Å²) in [5, 5.41) is 0. The maximum atomic E-state index is 13.2. The average Bonchev–Trinajstić information content (AvgIpc) is 3.50. The van der Waals surface area contributed by atoms with Crippen LogP contribution in [0.5, 0.6) is 0 Å². The Labute approximate surface area is 181 Å². The number of nitrogens with zero attached hydrogens (tertiary/aromatic N) is 3. The lowest BCUT2D eigenvalue weighted by atomic mass is 9.85. The Hall–Kier alpha value is -3.41. The molecule has 4 heterocycles. The van der Waals surface area contributed by atoms with E-state index < -0.39 is 5.41 Å². The zero-order valence-corrected chi connectivity index (χ0v) is 17.6. The summed E-state index contributed by atoms with van der Waals surface area (Å²) in [6, 6.07) is 17.1. The lowest BCUT2D eigenvalue weighted by molar-refractivity contribution is -0.135. The summed E-state index contributed by atoms with van der Waals surface area (Å²) in [6.07, 6.45) is 3.25. The molecule has 1 aromatic carbocycles. The minimum Gasteiger partial charge on any atom is -0.461 e. The monoisotopic (exact) mass is 415 g/mol. The first-order chi connectivity index (χ1) is 15.0. The van der Waals surface area contributed by atoms with Gasteiger partial charge in [0.1, 0.15) is 11.5 Å². The molecule has 2 amide bonds. The van der Waals surface area contributed by atoms with Gasteiger partial charge in [0.05, 0.1) is 17.7 Å². The van der Waals surface area contributed by atoms with Gasteiger partial charge < -0.3 is 14.2 Å². The Morgan fingerprint density at radius 1 is 1.10 bits per heavy atom. The summed E-state index contributed by atoms with van der Waals surface area (Å²) < 4.78 is 5.70. The van der Waals surface area contributed by atoms with Gasteiger partial charge in [0.2, 0.25) is 5.91 Å². The summed E-state index contributed by atoms with van der Waals surface area (Å²) in [7, 11) is 0. The van der Waals surface area contributed by atoms with Crippen molar-refractivity contribution in [3.63, 3.8) is 0 Å². The minimum atomic E-state index is -0.458. The molecule has 6 heteroatoms. The van der Waals surface area contributed by atoms with Crippen LogP contribution in [-0.4, -0.2) is 46.2 Å². The van der Waals surface area contributed by atoms with Crippen LogP contribution in [0.3, 0.4) is 0 Å². The van der Waals surface area contributed by atoms with Gasteiger partial charge in [-0.3, -0.25) is 14.6 Å². The number of carbonyl (C=O) groups is 2. The van der Waals surface area contributed by atoms with Gasteiger partial charge in [-0.2, -0.15) is 0 Å². The number of aromatic nitrogens is 1. The van der Waals surface area contributed by atoms with Crippen LogP contribution in [0, 0.1) is 12.3 Å². The van der Waals surface area contributed by atoms with E-state index in [1.807, 2.05) is 71.3 Å². The largest absolute Gasteiger partial charge is 0.461 e. The number of hydrogen-bond donors (Lipinski definition) is 0. The lowest BCUT2D eigenvalue weighted by Gasteiger charge is -2.23. The molecule has 0 aliphatic carbocycles. The van der Waals surface area contributed by atoms with Crippen molar-refractivity contribution >= 4 is 11.8 Å². The number of carbonyl (C=O) groups excluding carboxylic acids is 2. The fourth-order valence-electron chi connectivity index (χ4n) is 4.73. The first kappa shape index (κ1) is 19.5. The Kier molecular flexibility index (Phi) is 4.85. The molecular formula is C25H25N3O3. The van der Waals surface area contributed by atoms with Crippen LogP contribution in [-0.2, 0) is 11.3 Å². The van der Waals surface area contributed by atoms with Crippen LogP contribution in [0.1, 0.15) is 34.7 Å². The van der Waals surface area contributed by atoms with Crippen LogP contribution in [0.2, 0.25) is 0 Å². The number of amides is 2. The molecule has 1 atom stereocenters. The first-order valence-corrected chi connectivity index (χ1v) is 10.7. The van der Waals surface area contributed by atoms with Gasteiger partial charge in [0, 0.05) is 37.0 Å². The highest BCUT2D eigenvalue weighted by Gasteiger charge is 2.51. The van der Waals surface area contributed by atoms with Crippen LogP contribution in [0.15, 0.2) is 65.2 Å². The second-order valence-corrected chi connectivity index (χ2v) is 8.55. The van der Waals surface area contributed by atoms with Crippen molar-refractivity contribution in [2.24, 2.45) is 5.41 Å². The Morgan fingerprint density at radius 2 is 1.97 bits per heavy atom. The van der Waals surface area contributed by atoms with Gasteiger partial charge in [0.25, 0.3) is 5.91 Å². The Bertz CT molecular complexity index is 1120. The third-order valence-electron chi connectivity index (χ3n) is 6.46. The number of likely N-dealkylation sites (tertiary alicyclic amines) is 2. The molecule has 0 radical (unpaired) electrons. The van der Waals surface area contributed by atoms with Crippen molar-refractivity contribution in [2.75, 3.05) is 19.6 Å². The van der Waals surface area contributed by atoms with E-state index in [2.05, 4.69) is 4.98 Å². The van der Waals surface area contributed by atoms with Crippen LogP contribution in [0.4, 0.5) is 0 Å².